The van der Waals surface area contributed by atoms with Crippen LogP contribution in [0.2, 0.25) is 6.04 Å². The van der Waals surface area contributed by atoms with E-state index in [2.05, 4.69) is 12.6 Å². The summed E-state index contributed by atoms with van der Waals surface area (Å²) >= 11 is 4.15. The zero-order valence-electron chi connectivity index (χ0n) is 8.00. The number of thiol groups is 1. The normalized spacial score (nSPS) is 13.0. The second-order valence-electron chi connectivity index (χ2n) is 2.48. The Labute approximate surface area is 83.2 Å². The highest BCUT2D eigenvalue weighted by atomic mass is 32.1. The standard InChI is InChI=1S/C6H18O3SSi2/c1-7-12(8-2,9-3)11-6-4-5-10/h10H,4-6,11H2,1-3H3. The molecule has 0 amide bonds. The van der Waals surface area contributed by atoms with E-state index >= 15 is 0 Å². The van der Waals surface area contributed by atoms with Gasteiger partial charge in [-0.15, -0.1) is 0 Å². The molecule has 0 aliphatic rings. The summed E-state index contributed by atoms with van der Waals surface area (Å²) in [5.41, 5.74) is 0. The SMILES string of the molecule is CO[Si](OC)(OC)[SiH2]CCCS. The van der Waals surface area contributed by atoms with Crippen molar-refractivity contribution < 1.29 is 13.3 Å². The third-order valence-electron chi connectivity index (χ3n) is 1.82. The second-order valence-corrected chi connectivity index (χ2v) is 10.8. The highest BCUT2D eigenvalue weighted by Crippen LogP contribution is 2.07. The lowest BCUT2D eigenvalue weighted by Gasteiger charge is -2.24. The van der Waals surface area contributed by atoms with Gasteiger partial charge in [-0.2, -0.15) is 12.6 Å². The number of rotatable bonds is 7. The van der Waals surface area contributed by atoms with Gasteiger partial charge in [0, 0.05) is 21.3 Å². The van der Waals surface area contributed by atoms with Gasteiger partial charge in [0.25, 0.3) is 0 Å². The van der Waals surface area contributed by atoms with E-state index in [0.717, 1.165) is 12.2 Å². The molecule has 0 saturated carbocycles. The quantitative estimate of drug-likeness (QED) is 0.384. The van der Waals surface area contributed by atoms with Gasteiger partial charge in [0.2, 0.25) is 0 Å². The summed E-state index contributed by atoms with van der Waals surface area (Å²) in [6.45, 7) is 0. The fourth-order valence-electron chi connectivity index (χ4n) is 1.01. The first kappa shape index (κ1) is 12.7. The average Bonchev–Trinajstić information content (AvgIpc) is 2.14. The minimum atomic E-state index is -2.15. The monoisotopic (exact) mass is 226 g/mol. The molecule has 6 heteroatoms. The highest BCUT2D eigenvalue weighted by Gasteiger charge is 2.36. The predicted molar refractivity (Wildman–Crippen MR) is 58.6 cm³/mol. The van der Waals surface area contributed by atoms with E-state index in [0.29, 0.717) is 0 Å². The van der Waals surface area contributed by atoms with Crippen molar-refractivity contribution in [2.24, 2.45) is 0 Å². The summed E-state index contributed by atoms with van der Waals surface area (Å²) in [6.07, 6.45) is 1.14. The zero-order valence-corrected chi connectivity index (χ0v) is 11.3. The lowest BCUT2D eigenvalue weighted by molar-refractivity contribution is 0.148. The molecule has 12 heavy (non-hydrogen) atoms. The highest BCUT2D eigenvalue weighted by molar-refractivity contribution is 7.80. The molecule has 0 unspecified atom stereocenters. The molecule has 0 N–H and O–H groups in total. The Bertz CT molecular complexity index is 103. The molecule has 0 aromatic carbocycles. The first-order chi connectivity index (χ1) is 5.74. The molecule has 0 radical (unpaired) electrons. The molecule has 0 aliphatic heterocycles. The summed E-state index contributed by atoms with van der Waals surface area (Å²) in [6, 6.07) is 1.19. The van der Waals surface area contributed by atoms with Crippen molar-refractivity contribution in [1.82, 2.24) is 0 Å². The van der Waals surface area contributed by atoms with Crippen molar-refractivity contribution in [2.45, 2.75) is 12.5 Å². The second kappa shape index (κ2) is 7.10. The Balaban J connectivity index is 3.76. The minimum absolute atomic E-state index is 0.369. The van der Waals surface area contributed by atoms with Gasteiger partial charge in [-0.05, 0) is 12.2 Å². The molecular weight excluding hydrogens is 208 g/mol. The first-order valence-electron chi connectivity index (χ1n) is 4.01. The van der Waals surface area contributed by atoms with Crippen molar-refractivity contribution in [3.8, 4) is 0 Å². The Kier molecular flexibility index (Phi) is 7.50. The van der Waals surface area contributed by atoms with Crippen molar-refractivity contribution in [3.05, 3.63) is 0 Å². The molecule has 0 fully saturated rings. The molecule has 0 saturated heterocycles. The van der Waals surface area contributed by atoms with E-state index in [9.17, 15) is 0 Å². The number of hydrogen-bond donors (Lipinski definition) is 1. The van der Waals surface area contributed by atoms with Crippen molar-refractivity contribution >= 4 is 30.0 Å². The van der Waals surface area contributed by atoms with Gasteiger partial charge in [-0.1, -0.05) is 6.04 Å². The molecule has 0 bridgehead atoms. The van der Waals surface area contributed by atoms with Gasteiger partial charge in [0.1, 0.15) is 9.04 Å². The van der Waals surface area contributed by atoms with Crippen LogP contribution in [0.3, 0.4) is 0 Å². The molecule has 0 spiro atoms. The van der Waals surface area contributed by atoms with Crippen LogP contribution in [-0.4, -0.2) is 44.4 Å². The summed E-state index contributed by atoms with van der Waals surface area (Å²) in [4.78, 5) is 0. The Morgan fingerprint density at radius 2 is 1.67 bits per heavy atom. The summed E-state index contributed by atoms with van der Waals surface area (Å²) in [5, 5.41) is 0. The molecular formula is C6H18O3SSi2. The van der Waals surface area contributed by atoms with Crippen LogP contribution in [0.15, 0.2) is 0 Å². The maximum atomic E-state index is 5.31. The smallest absolute Gasteiger partial charge is 0.380 e. The van der Waals surface area contributed by atoms with Gasteiger partial charge >= 0.3 is 8.32 Å². The lowest BCUT2D eigenvalue weighted by atomic mass is 10.6. The molecule has 74 valence electrons. The maximum Gasteiger partial charge on any atom is 0.461 e. The van der Waals surface area contributed by atoms with Crippen LogP contribution in [0.5, 0.6) is 0 Å². The molecule has 3 nitrogen and oxygen atoms in total. The third-order valence-corrected chi connectivity index (χ3v) is 11.0. The maximum absolute atomic E-state index is 5.31. The van der Waals surface area contributed by atoms with E-state index < -0.39 is 8.32 Å². The summed E-state index contributed by atoms with van der Waals surface area (Å²) < 4.78 is 15.9. The van der Waals surface area contributed by atoms with Gasteiger partial charge in [-0.3, -0.25) is 0 Å². The molecule has 0 aromatic heterocycles. The fraction of sp³-hybridized carbons (Fsp3) is 1.00. The van der Waals surface area contributed by atoms with Crippen LogP contribution in [0.4, 0.5) is 0 Å². The molecule has 0 aromatic rings. The summed E-state index contributed by atoms with van der Waals surface area (Å²) in [5.74, 6) is 0.939. The molecule has 0 aliphatic carbocycles. The van der Waals surface area contributed by atoms with Crippen molar-refractivity contribution in [3.63, 3.8) is 0 Å². The van der Waals surface area contributed by atoms with Crippen LogP contribution in [0.1, 0.15) is 6.42 Å². The third kappa shape index (κ3) is 4.06. The Hall–Kier alpha value is 0.664. The Morgan fingerprint density at radius 1 is 1.17 bits per heavy atom. The molecule has 0 rings (SSSR count). The van der Waals surface area contributed by atoms with Crippen LogP contribution in [0, 0.1) is 0 Å². The fourth-order valence-corrected chi connectivity index (χ4v) is 7.59. The predicted octanol–water partition coefficient (Wildman–Crippen LogP) is 0.268. The summed E-state index contributed by atoms with van der Waals surface area (Å²) in [7, 11) is 2.50. The number of hydrogen-bond acceptors (Lipinski definition) is 4. The zero-order chi connectivity index (χ0) is 9.45. The van der Waals surface area contributed by atoms with Crippen molar-refractivity contribution in [2.75, 3.05) is 27.1 Å². The van der Waals surface area contributed by atoms with Crippen molar-refractivity contribution in [1.29, 1.82) is 0 Å². The molecule has 0 atom stereocenters. The lowest BCUT2D eigenvalue weighted by Crippen LogP contribution is -2.49. The largest absolute Gasteiger partial charge is 0.461 e. The van der Waals surface area contributed by atoms with Crippen LogP contribution < -0.4 is 0 Å². The molecule has 0 heterocycles. The first-order valence-corrected chi connectivity index (χ1v) is 9.69. The minimum Gasteiger partial charge on any atom is -0.380 e. The van der Waals surface area contributed by atoms with Gasteiger partial charge in [0.05, 0.1) is 0 Å². The topological polar surface area (TPSA) is 27.7 Å². The van der Waals surface area contributed by atoms with E-state index in [1.165, 1.54) is 6.04 Å². The Morgan fingerprint density at radius 3 is 2.00 bits per heavy atom. The van der Waals surface area contributed by atoms with Gasteiger partial charge in [-0.25, -0.2) is 0 Å². The van der Waals surface area contributed by atoms with Gasteiger partial charge < -0.3 is 13.3 Å². The van der Waals surface area contributed by atoms with E-state index in [-0.39, 0.29) is 9.04 Å². The van der Waals surface area contributed by atoms with E-state index in [4.69, 9.17) is 13.3 Å². The van der Waals surface area contributed by atoms with Gasteiger partial charge in [0.15, 0.2) is 0 Å². The van der Waals surface area contributed by atoms with Crippen LogP contribution in [-0.2, 0) is 13.3 Å². The van der Waals surface area contributed by atoms with Crippen LogP contribution in [0.25, 0.3) is 0 Å². The van der Waals surface area contributed by atoms with Crippen LogP contribution >= 0.6 is 12.6 Å². The van der Waals surface area contributed by atoms with E-state index in [1.54, 1.807) is 21.3 Å². The average molecular weight is 226 g/mol. The van der Waals surface area contributed by atoms with E-state index in [1.807, 2.05) is 0 Å².